The third kappa shape index (κ3) is 3.89. The lowest BCUT2D eigenvalue weighted by Gasteiger charge is -2.15. The third-order valence-electron chi connectivity index (χ3n) is 3.13. The third-order valence-corrected chi connectivity index (χ3v) is 3.13. The molecule has 1 unspecified atom stereocenters. The number of carboxylic acid groups (broad SMARTS) is 1. The average Bonchev–Trinajstić information content (AvgIpc) is 2.48. The van der Waals surface area contributed by atoms with Gasteiger partial charge in [-0.2, -0.15) is 0 Å². The number of aryl methyl sites for hydroxylation is 1. The Morgan fingerprint density at radius 1 is 1.19 bits per heavy atom. The molecule has 5 heteroatoms. The molecular formula is C16H16N2O3. The van der Waals surface area contributed by atoms with E-state index in [1.165, 1.54) is 0 Å². The fourth-order valence-corrected chi connectivity index (χ4v) is 2.00. The molecule has 1 atom stereocenters. The van der Waals surface area contributed by atoms with Crippen molar-refractivity contribution in [1.82, 2.24) is 10.3 Å². The predicted octanol–water partition coefficient (Wildman–Crippen LogP) is 1.87. The predicted molar refractivity (Wildman–Crippen MR) is 77.6 cm³/mol. The van der Waals surface area contributed by atoms with Crippen LogP contribution in [-0.2, 0) is 16.0 Å². The molecule has 1 amide bonds. The zero-order chi connectivity index (χ0) is 15.2. The van der Waals surface area contributed by atoms with E-state index < -0.39 is 12.0 Å². The lowest BCUT2D eigenvalue weighted by atomic mass is 10.1. The van der Waals surface area contributed by atoms with Gasteiger partial charge in [0, 0.05) is 6.20 Å². The van der Waals surface area contributed by atoms with E-state index in [0.717, 1.165) is 5.56 Å². The number of carboxylic acids is 1. The summed E-state index contributed by atoms with van der Waals surface area (Å²) in [5.41, 5.74) is 2.09. The first-order valence-corrected chi connectivity index (χ1v) is 6.55. The van der Waals surface area contributed by atoms with Crippen LogP contribution in [0.3, 0.4) is 0 Å². The number of aliphatic carboxylic acids is 1. The van der Waals surface area contributed by atoms with E-state index in [0.29, 0.717) is 11.3 Å². The van der Waals surface area contributed by atoms with Gasteiger partial charge >= 0.3 is 5.97 Å². The number of hydrogen-bond donors (Lipinski definition) is 2. The van der Waals surface area contributed by atoms with Gasteiger partial charge in [0.15, 0.2) is 6.04 Å². The van der Waals surface area contributed by atoms with Gasteiger partial charge in [-0.25, -0.2) is 4.79 Å². The number of rotatable bonds is 5. The van der Waals surface area contributed by atoms with Crippen LogP contribution in [0.4, 0.5) is 0 Å². The van der Waals surface area contributed by atoms with Crippen molar-refractivity contribution in [2.45, 2.75) is 19.4 Å². The quantitative estimate of drug-likeness (QED) is 0.878. The summed E-state index contributed by atoms with van der Waals surface area (Å²) in [6.07, 6.45) is 1.67. The molecule has 2 N–H and O–H groups in total. The van der Waals surface area contributed by atoms with Crippen LogP contribution in [0.1, 0.15) is 22.9 Å². The number of nitrogens with zero attached hydrogens (tertiary/aromatic N) is 1. The Kier molecular flexibility index (Phi) is 4.66. The Bertz CT molecular complexity index is 641. The van der Waals surface area contributed by atoms with Crippen molar-refractivity contribution in [3.8, 4) is 0 Å². The lowest BCUT2D eigenvalue weighted by molar-refractivity contribution is -0.142. The number of nitrogens with one attached hydrogen (secondary N) is 1. The maximum Gasteiger partial charge on any atom is 0.330 e. The summed E-state index contributed by atoms with van der Waals surface area (Å²) in [5, 5.41) is 11.8. The SMILES string of the molecule is Cc1cccnc1CC(=O)NC(C(=O)O)c1ccccc1. The van der Waals surface area contributed by atoms with E-state index in [-0.39, 0.29) is 12.3 Å². The van der Waals surface area contributed by atoms with Gasteiger partial charge in [-0.3, -0.25) is 9.78 Å². The van der Waals surface area contributed by atoms with Gasteiger partial charge < -0.3 is 10.4 Å². The van der Waals surface area contributed by atoms with Crippen LogP contribution in [-0.4, -0.2) is 22.0 Å². The lowest BCUT2D eigenvalue weighted by Crippen LogP contribution is -2.35. The molecule has 21 heavy (non-hydrogen) atoms. The van der Waals surface area contributed by atoms with Crippen LogP contribution >= 0.6 is 0 Å². The average molecular weight is 284 g/mol. The Balaban J connectivity index is 2.10. The summed E-state index contributed by atoms with van der Waals surface area (Å²) in [6, 6.07) is 11.2. The highest BCUT2D eigenvalue weighted by molar-refractivity contribution is 5.85. The molecular weight excluding hydrogens is 268 g/mol. The van der Waals surface area contributed by atoms with Crippen LogP contribution in [0.25, 0.3) is 0 Å². The minimum Gasteiger partial charge on any atom is -0.479 e. The van der Waals surface area contributed by atoms with E-state index in [4.69, 9.17) is 0 Å². The molecule has 0 aliphatic carbocycles. The van der Waals surface area contributed by atoms with Crippen LogP contribution in [0, 0.1) is 6.92 Å². The molecule has 0 spiro atoms. The van der Waals surface area contributed by atoms with Crippen LogP contribution < -0.4 is 5.32 Å². The zero-order valence-electron chi connectivity index (χ0n) is 11.6. The Labute approximate surface area is 122 Å². The maximum absolute atomic E-state index is 12.0. The topological polar surface area (TPSA) is 79.3 Å². The van der Waals surface area contributed by atoms with Crippen molar-refractivity contribution in [2.75, 3.05) is 0 Å². The fraction of sp³-hybridized carbons (Fsp3) is 0.188. The molecule has 0 aliphatic heterocycles. The van der Waals surface area contributed by atoms with Gasteiger partial charge in [0.1, 0.15) is 0 Å². The summed E-state index contributed by atoms with van der Waals surface area (Å²) in [5.74, 6) is -1.46. The monoisotopic (exact) mass is 284 g/mol. The van der Waals surface area contributed by atoms with Crippen molar-refractivity contribution in [3.05, 3.63) is 65.5 Å². The highest BCUT2D eigenvalue weighted by atomic mass is 16.4. The molecule has 1 heterocycles. The molecule has 5 nitrogen and oxygen atoms in total. The second-order valence-corrected chi connectivity index (χ2v) is 4.69. The minimum atomic E-state index is -1.09. The first-order chi connectivity index (χ1) is 10.1. The van der Waals surface area contributed by atoms with E-state index in [1.54, 1.807) is 42.6 Å². The molecule has 0 saturated carbocycles. The van der Waals surface area contributed by atoms with Gasteiger partial charge in [0.2, 0.25) is 5.91 Å². The van der Waals surface area contributed by atoms with Crippen molar-refractivity contribution in [1.29, 1.82) is 0 Å². The normalized spacial score (nSPS) is 11.7. The number of benzene rings is 1. The number of hydrogen-bond acceptors (Lipinski definition) is 3. The smallest absolute Gasteiger partial charge is 0.330 e. The van der Waals surface area contributed by atoms with Crippen molar-refractivity contribution >= 4 is 11.9 Å². The largest absolute Gasteiger partial charge is 0.479 e. The summed E-state index contributed by atoms with van der Waals surface area (Å²) in [7, 11) is 0. The molecule has 108 valence electrons. The van der Waals surface area contributed by atoms with Gasteiger partial charge in [-0.05, 0) is 24.1 Å². The molecule has 1 aromatic heterocycles. The highest BCUT2D eigenvalue weighted by Gasteiger charge is 2.22. The summed E-state index contributed by atoms with van der Waals surface area (Å²) < 4.78 is 0. The molecule has 0 aliphatic rings. The fourth-order valence-electron chi connectivity index (χ4n) is 2.00. The number of carbonyl (C=O) groups is 2. The molecule has 0 radical (unpaired) electrons. The standard InChI is InChI=1S/C16H16N2O3/c1-11-6-5-9-17-13(11)10-14(19)18-15(16(20)21)12-7-3-2-4-8-12/h2-9,15H,10H2,1H3,(H,18,19)(H,20,21). The van der Waals surface area contributed by atoms with Crippen LogP contribution in [0.15, 0.2) is 48.7 Å². The zero-order valence-corrected chi connectivity index (χ0v) is 11.6. The number of pyridine rings is 1. The van der Waals surface area contributed by atoms with Gasteiger partial charge in [0.25, 0.3) is 0 Å². The first-order valence-electron chi connectivity index (χ1n) is 6.55. The molecule has 0 saturated heterocycles. The number of carbonyl (C=O) groups excluding carboxylic acids is 1. The summed E-state index contributed by atoms with van der Waals surface area (Å²) in [4.78, 5) is 27.5. The van der Waals surface area contributed by atoms with Crippen molar-refractivity contribution < 1.29 is 14.7 Å². The Morgan fingerprint density at radius 2 is 1.90 bits per heavy atom. The van der Waals surface area contributed by atoms with E-state index in [1.807, 2.05) is 13.0 Å². The van der Waals surface area contributed by atoms with Crippen molar-refractivity contribution in [3.63, 3.8) is 0 Å². The van der Waals surface area contributed by atoms with E-state index >= 15 is 0 Å². The first kappa shape index (κ1) is 14.7. The summed E-state index contributed by atoms with van der Waals surface area (Å²) in [6.45, 7) is 1.86. The van der Waals surface area contributed by atoms with Gasteiger partial charge in [0.05, 0.1) is 12.1 Å². The highest BCUT2D eigenvalue weighted by Crippen LogP contribution is 2.13. The molecule has 2 rings (SSSR count). The molecule has 0 bridgehead atoms. The number of aromatic nitrogens is 1. The maximum atomic E-state index is 12.0. The molecule has 1 aromatic carbocycles. The second kappa shape index (κ2) is 6.65. The van der Waals surface area contributed by atoms with Crippen LogP contribution in [0.2, 0.25) is 0 Å². The molecule has 0 fully saturated rings. The van der Waals surface area contributed by atoms with Crippen LogP contribution in [0.5, 0.6) is 0 Å². The van der Waals surface area contributed by atoms with E-state index in [9.17, 15) is 14.7 Å². The molecule has 2 aromatic rings. The van der Waals surface area contributed by atoms with Gasteiger partial charge in [-0.15, -0.1) is 0 Å². The number of amides is 1. The Hall–Kier alpha value is -2.69. The minimum absolute atomic E-state index is 0.0588. The van der Waals surface area contributed by atoms with E-state index in [2.05, 4.69) is 10.3 Å². The second-order valence-electron chi connectivity index (χ2n) is 4.69. The summed E-state index contributed by atoms with van der Waals surface area (Å²) >= 11 is 0. The van der Waals surface area contributed by atoms with Gasteiger partial charge in [-0.1, -0.05) is 36.4 Å². The Morgan fingerprint density at radius 3 is 2.52 bits per heavy atom. The van der Waals surface area contributed by atoms with Crippen molar-refractivity contribution in [2.24, 2.45) is 0 Å².